The summed E-state index contributed by atoms with van der Waals surface area (Å²) in [6.07, 6.45) is -0.531. The highest BCUT2D eigenvalue weighted by molar-refractivity contribution is 5.96. The molecule has 5 nitrogen and oxygen atoms in total. The van der Waals surface area contributed by atoms with Gasteiger partial charge >= 0.3 is 0 Å². The van der Waals surface area contributed by atoms with E-state index >= 15 is 0 Å². The van der Waals surface area contributed by atoms with Gasteiger partial charge < -0.3 is 15.4 Å². The summed E-state index contributed by atoms with van der Waals surface area (Å²) in [7, 11) is 0. The van der Waals surface area contributed by atoms with Crippen molar-refractivity contribution in [2.45, 2.75) is 13.0 Å². The first-order chi connectivity index (χ1) is 8.61. The molecule has 2 N–H and O–H groups in total. The Kier molecular flexibility index (Phi) is 3.49. The van der Waals surface area contributed by atoms with Crippen LogP contribution in [0.3, 0.4) is 0 Å². The molecule has 1 aliphatic heterocycles. The maximum Gasteiger partial charge on any atom is 0.254 e. The predicted octanol–water partition coefficient (Wildman–Crippen LogP) is 0.942. The van der Waals surface area contributed by atoms with Gasteiger partial charge in [0.25, 0.3) is 5.91 Å². The Morgan fingerprint density at radius 3 is 3.06 bits per heavy atom. The lowest BCUT2D eigenvalue weighted by Crippen LogP contribution is -2.45. The summed E-state index contributed by atoms with van der Waals surface area (Å²) in [6.45, 7) is 3.09. The molecule has 0 bridgehead atoms. The van der Waals surface area contributed by atoms with Crippen molar-refractivity contribution in [3.05, 3.63) is 29.3 Å². The standard InChI is InChI=1S/C13H15N3O2/c1-9-6-10(15)2-3-12(9)13(17)16-4-5-18-11(7-14)8-16/h2-3,6,11H,4-5,8,15H2,1H3. The third-order valence-corrected chi connectivity index (χ3v) is 2.98. The third-order valence-electron chi connectivity index (χ3n) is 2.98. The van der Waals surface area contributed by atoms with Gasteiger partial charge in [0.2, 0.25) is 0 Å². The molecule has 1 unspecified atom stereocenters. The van der Waals surface area contributed by atoms with Crippen LogP contribution >= 0.6 is 0 Å². The van der Waals surface area contributed by atoms with Crippen molar-refractivity contribution in [1.29, 1.82) is 5.26 Å². The Hall–Kier alpha value is -2.06. The van der Waals surface area contributed by atoms with E-state index in [0.717, 1.165) is 5.56 Å². The number of carbonyl (C=O) groups is 1. The summed E-state index contributed by atoms with van der Waals surface area (Å²) in [4.78, 5) is 14.0. The van der Waals surface area contributed by atoms with Crippen molar-refractivity contribution >= 4 is 11.6 Å². The number of nitriles is 1. The fourth-order valence-electron chi connectivity index (χ4n) is 2.01. The summed E-state index contributed by atoms with van der Waals surface area (Å²) in [5, 5.41) is 8.82. The van der Waals surface area contributed by atoms with Gasteiger partial charge in [-0.15, -0.1) is 0 Å². The van der Waals surface area contributed by atoms with E-state index < -0.39 is 6.10 Å². The Labute approximate surface area is 106 Å². The molecule has 2 rings (SSSR count). The zero-order chi connectivity index (χ0) is 13.1. The Balaban J connectivity index is 2.18. The number of hydrogen-bond donors (Lipinski definition) is 1. The van der Waals surface area contributed by atoms with E-state index in [4.69, 9.17) is 15.7 Å². The topological polar surface area (TPSA) is 79.3 Å². The van der Waals surface area contributed by atoms with Crippen LogP contribution in [-0.4, -0.2) is 36.6 Å². The molecule has 0 aromatic heterocycles. The molecule has 94 valence electrons. The Morgan fingerprint density at radius 2 is 2.39 bits per heavy atom. The van der Waals surface area contributed by atoms with Crippen molar-refractivity contribution in [3.63, 3.8) is 0 Å². The van der Waals surface area contributed by atoms with E-state index in [2.05, 4.69) is 0 Å². The lowest BCUT2D eigenvalue weighted by molar-refractivity contribution is 0.00343. The van der Waals surface area contributed by atoms with Crippen molar-refractivity contribution in [3.8, 4) is 6.07 Å². The highest BCUT2D eigenvalue weighted by Gasteiger charge is 2.25. The van der Waals surface area contributed by atoms with Crippen LogP contribution in [0.1, 0.15) is 15.9 Å². The van der Waals surface area contributed by atoms with Crippen molar-refractivity contribution in [2.24, 2.45) is 0 Å². The van der Waals surface area contributed by atoms with Crippen molar-refractivity contribution in [1.82, 2.24) is 4.90 Å². The maximum atomic E-state index is 12.3. The lowest BCUT2D eigenvalue weighted by Gasteiger charge is -2.30. The molecule has 1 heterocycles. The molecule has 0 spiro atoms. The van der Waals surface area contributed by atoms with Gasteiger partial charge in [-0.1, -0.05) is 0 Å². The molecule has 1 aromatic carbocycles. The number of carbonyl (C=O) groups excluding carboxylic acids is 1. The van der Waals surface area contributed by atoms with Crippen LogP contribution in [0.2, 0.25) is 0 Å². The van der Waals surface area contributed by atoms with Crippen LogP contribution in [0.25, 0.3) is 0 Å². The minimum Gasteiger partial charge on any atom is -0.399 e. The second kappa shape index (κ2) is 5.07. The van der Waals surface area contributed by atoms with Gasteiger partial charge in [0, 0.05) is 17.8 Å². The number of nitrogens with zero attached hydrogens (tertiary/aromatic N) is 2. The Bertz CT molecular complexity index is 507. The van der Waals surface area contributed by atoms with Gasteiger partial charge in [-0.3, -0.25) is 4.79 Å². The van der Waals surface area contributed by atoms with E-state index in [9.17, 15) is 4.79 Å². The molecule has 0 saturated carbocycles. The van der Waals surface area contributed by atoms with Crippen LogP contribution in [0.5, 0.6) is 0 Å². The molecule has 1 saturated heterocycles. The minimum atomic E-state index is -0.531. The average molecular weight is 245 g/mol. The molecular formula is C13H15N3O2. The number of ether oxygens (including phenoxy) is 1. The molecule has 0 aliphatic carbocycles. The molecule has 1 aromatic rings. The zero-order valence-corrected chi connectivity index (χ0v) is 10.2. The number of amides is 1. The summed E-state index contributed by atoms with van der Waals surface area (Å²) in [5.74, 6) is -0.0731. The van der Waals surface area contributed by atoms with Crippen LogP contribution in [0, 0.1) is 18.3 Å². The second-order valence-corrected chi connectivity index (χ2v) is 4.31. The number of hydrogen-bond acceptors (Lipinski definition) is 4. The summed E-state index contributed by atoms with van der Waals surface area (Å²) < 4.78 is 5.22. The molecule has 1 atom stereocenters. The monoisotopic (exact) mass is 245 g/mol. The van der Waals surface area contributed by atoms with Gasteiger partial charge in [-0.05, 0) is 30.7 Å². The minimum absolute atomic E-state index is 0.0731. The first-order valence-corrected chi connectivity index (χ1v) is 5.78. The smallest absolute Gasteiger partial charge is 0.254 e. The number of nitrogen functional groups attached to an aromatic ring is 1. The van der Waals surface area contributed by atoms with Gasteiger partial charge in [-0.2, -0.15) is 5.26 Å². The number of benzene rings is 1. The second-order valence-electron chi connectivity index (χ2n) is 4.31. The quantitative estimate of drug-likeness (QED) is 0.747. The number of morpholine rings is 1. The van der Waals surface area contributed by atoms with E-state index in [1.807, 2.05) is 13.0 Å². The van der Waals surface area contributed by atoms with Crippen LogP contribution < -0.4 is 5.73 Å². The van der Waals surface area contributed by atoms with Crippen LogP contribution in [-0.2, 0) is 4.74 Å². The molecule has 0 radical (unpaired) electrons. The number of nitrogens with two attached hydrogens (primary N) is 1. The summed E-state index contributed by atoms with van der Waals surface area (Å²) in [5.41, 5.74) is 7.78. The lowest BCUT2D eigenvalue weighted by atomic mass is 10.1. The van der Waals surface area contributed by atoms with Crippen LogP contribution in [0.4, 0.5) is 5.69 Å². The van der Waals surface area contributed by atoms with E-state index in [0.29, 0.717) is 30.9 Å². The first-order valence-electron chi connectivity index (χ1n) is 5.78. The molecule has 5 heteroatoms. The summed E-state index contributed by atoms with van der Waals surface area (Å²) >= 11 is 0. The highest BCUT2D eigenvalue weighted by Crippen LogP contribution is 2.16. The van der Waals surface area contributed by atoms with Gasteiger partial charge in [0.1, 0.15) is 0 Å². The highest BCUT2D eigenvalue weighted by atomic mass is 16.5. The van der Waals surface area contributed by atoms with Gasteiger partial charge in [0.15, 0.2) is 6.10 Å². The van der Waals surface area contributed by atoms with E-state index in [-0.39, 0.29) is 5.91 Å². The Morgan fingerprint density at radius 1 is 1.61 bits per heavy atom. The molecule has 1 aliphatic rings. The maximum absolute atomic E-state index is 12.3. The van der Waals surface area contributed by atoms with E-state index in [1.54, 1.807) is 23.1 Å². The summed E-state index contributed by atoms with van der Waals surface area (Å²) in [6, 6.07) is 7.24. The van der Waals surface area contributed by atoms with Gasteiger partial charge in [0.05, 0.1) is 19.2 Å². The molecular weight excluding hydrogens is 230 g/mol. The van der Waals surface area contributed by atoms with E-state index in [1.165, 1.54) is 0 Å². The fourth-order valence-corrected chi connectivity index (χ4v) is 2.01. The zero-order valence-electron chi connectivity index (χ0n) is 10.2. The largest absolute Gasteiger partial charge is 0.399 e. The average Bonchev–Trinajstić information content (AvgIpc) is 2.38. The molecule has 1 fully saturated rings. The molecule has 1 amide bonds. The number of aryl methyl sites for hydroxylation is 1. The molecule has 18 heavy (non-hydrogen) atoms. The number of rotatable bonds is 1. The fraction of sp³-hybridized carbons (Fsp3) is 0.385. The first kappa shape index (κ1) is 12.4. The van der Waals surface area contributed by atoms with Gasteiger partial charge in [-0.25, -0.2) is 0 Å². The van der Waals surface area contributed by atoms with Crippen molar-refractivity contribution in [2.75, 3.05) is 25.4 Å². The number of anilines is 1. The van der Waals surface area contributed by atoms with Crippen LogP contribution in [0.15, 0.2) is 18.2 Å². The predicted molar refractivity (Wildman–Crippen MR) is 66.8 cm³/mol. The normalized spacial score (nSPS) is 19.3. The van der Waals surface area contributed by atoms with Crippen molar-refractivity contribution < 1.29 is 9.53 Å². The SMILES string of the molecule is Cc1cc(N)ccc1C(=O)N1CCOC(C#N)C1. The third kappa shape index (κ3) is 2.44.